The predicted octanol–water partition coefficient (Wildman–Crippen LogP) is 3.29. The summed E-state index contributed by atoms with van der Waals surface area (Å²) >= 11 is 0. The first-order valence-corrected chi connectivity index (χ1v) is 6.89. The number of aromatic nitrogens is 2. The van der Waals surface area contributed by atoms with Crippen molar-refractivity contribution in [3.8, 4) is 11.3 Å². The third kappa shape index (κ3) is 3.05. The Morgan fingerprint density at radius 3 is 2.43 bits per heavy atom. The van der Waals surface area contributed by atoms with Gasteiger partial charge in [-0.15, -0.1) is 0 Å². The molecule has 3 N–H and O–H groups in total. The van der Waals surface area contributed by atoms with Gasteiger partial charge in [0.25, 0.3) is 5.56 Å². The number of benzene rings is 2. The van der Waals surface area contributed by atoms with E-state index in [-0.39, 0.29) is 5.56 Å². The minimum atomic E-state index is -0.119. The fraction of sp³-hybridized carbons (Fsp3) is 0.118. The Hall–Kier alpha value is -2.75. The highest BCUT2D eigenvalue weighted by atomic mass is 16.1. The van der Waals surface area contributed by atoms with Gasteiger partial charge in [-0.05, 0) is 35.7 Å². The van der Waals surface area contributed by atoms with Gasteiger partial charge in [-0.1, -0.05) is 36.4 Å². The number of hydrogen-bond donors (Lipinski definition) is 3. The van der Waals surface area contributed by atoms with Crippen LogP contribution < -0.4 is 10.9 Å². The zero-order chi connectivity index (χ0) is 14.7. The molecule has 1 heterocycles. The number of anilines is 1. The lowest BCUT2D eigenvalue weighted by Gasteiger charge is -2.09. The van der Waals surface area contributed by atoms with Crippen LogP contribution in [0.5, 0.6) is 0 Å². The molecule has 0 aliphatic carbocycles. The molecular formula is C17H17N3O. The topological polar surface area (TPSA) is 60.7 Å². The maximum absolute atomic E-state index is 11.1. The Morgan fingerprint density at radius 1 is 1.00 bits per heavy atom. The van der Waals surface area contributed by atoms with Crippen LogP contribution in [0.1, 0.15) is 11.1 Å². The van der Waals surface area contributed by atoms with Gasteiger partial charge in [0.15, 0.2) is 0 Å². The van der Waals surface area contributed by atoms with Crippen LogP contribution in [-0.2, 0) is 6.54 Å². The summed E-state index contributed by atoms with van der Waals surface area (Å²) < 4.78 is 0. The zero-order valence-electron chi connectivity index (χ0n) is 11.8. The van der Waals surface area contributed by atoms with Crippen LogP contribution in [0.15, 0.2) is 59.4 Å². The Bertz CT molecular complexity index is 784. The molecule has 0 saturated carbocycles. The summed E-state index contributed by atoms with van der Waals surface area (Å²) in [5, 5.41) is 8.79. The molecule has 0 aliphatic rings. The summed E-state index contributed by atoms with van der Waals surface area (Å²) in [7, 11) is 0. The molecule has 4 nitrogen and oxygen atoms in total. The molecule has 0 atom stereocenters. The summed E-state index contributed by atoms with van der Waals surface area (Å²) in [6.45, 7) is 2.91. The fourth-order valence-corrected chi connectivity index (χ4v) is 2.26. The van der Waals surface area contributed by atoms with Crippen LogP contribution in [0.3, 0.4) is 0 Å². The van der Waals surface area contributed by atoms with E-state index in [2.05, 4.69) is 40.6 Å². The third-order valence-corrected chi connectivity index (χ3v) is 3.54. The Balaban J connectivity index is 1.70. The molecule has 0 fully saturated rings. The minimum Gasteiger partial charge on any atom is -0.381 e. The minimum absolute atomic E-state index is 0.119. The molecular weight excluding hydrogens is 262 g/mol. The second kappa shape index (κ2) is 5.71. The van der Waals surface area contributed by atoms with E-state index in [0.717, 1.165) is 23.5 Å². The summed E-state index contributed by atoms with van der Waals surface area (Å²) in [6, 6.07) is 17.9. The van der Waals surface area contributed by atoms with Gasteiger partial charge in [0.1, 0.15) is 0 Å². The molecule has 0 saturated heterocycles. The van der Waals surface area contributed by atoms with Crippen LogP contribution in [0.25, 0.3) is 11.3 Å². The Kier molecular flexibility index (Phi) is 3.60. The van der Waals surface area contributed by atoms with Crippen molar-refractivity contribution in [2.75, 3.05) is 5.32 Å². The zero-order valence-corrected chi connectivity index (χ0v) is 11.8. The number of nitrogens with one attached hydrogen (secondary N) is 3. The quantitative estimate of drug-likeness (QED) is 0.686. The van der Waals surface area contributed by atoms with Gasteiger partial charge in [0.05, 0.1) is 5.69 Å². The van der Waals surface area contributed by atoms with E-state index in [1.165, 1.54) is 11.1 Å². The Morgan fingerprint density at radius 2 is 1.76 bits per heavy atom. The molecule has 4 heteroatoms. The van der Waals surface area contributed by atoms with Crippen molar-refractivity contribution in [2.24, 2.45) is 0 Å². The molecule has 0 spiro atoms. The van der Waals surface area contributed by atoms with E-state index in [9.17, 15) is 4.79 Å². The molecule has 0 aliphatic heterocycles. The van der Waals surface area contributed by atoms with Gasteiger partial charge in [-0.2, -0.15) is 0 Å². The monoisotopic (exact) mass is 279 g/mol. The second-order valence-corrected chi connectivity index (χ2v) is 5.03. The molecule has 0 bridgehead atoms. The van der Waals surface area contributed by atoms with Gasteiger partial charge in [0, 0.05) is 18.3 Å². The van der Waals surface area contributed by atoms with Crippen LogP contribution in [-0.4, -0.2) is 10.2 Å². The number of hydrogen-bond acceptors (Lipinski definition) is 2. The average Bonchev–Trinajstić information content (AvgIpc) is 2.94. The number of aryl methyl sites for hydroxylation is 1. The van der Waals surface area contributed by atoms with Crippen molar-refractivity contribution in [2.45, 2.75) is 13.5 Å². The lowest BCUT2D eigenvalue weighted by Crippen LogP contribution is -2.00. The van der Waals surface area contributed by atoms with E-state index in [4.69, 9.17) is 0 Å². The van der Waals surface area contributed by atoms with Crippen molar-refractivity contribution in [1.82, 2.24) is 10.2 Å². The highest BCUT2D eigenvalue weighted by Crippen LogP contribution is 2.19. The first kappa shape index (κ1) is 13.2. The van der Waals surface area contributed by atoms with Crippen molar-refractivity contribution in [3.63, 3.8) is 0 Å². The summed E-state index contributed by atoms with van der Waals surface area (Å²) in [6.07, 6.45) is 0. The highest BCUT2D eigenvalue weighted by molar-refractivity contribution is 5.62. The highest BCUT2D eigenvalue weighted by Gasteiger charge is 2.01. The van der Waals surface area contributed by atoms with Gasteiger partial charge >= 0.3 is 0 Å². The second-order valence-electron chi connectivity index (χ2n) is 5.03. The van der Waals surface area contributed by atoms with E-state index < -0.39 is 0 Å². The van der Waals surface area contributed by atoms with E-state index >= 15 is 0 Å². The number of H-pyrrole nitrogens is 2. The molecule has 1 aromatic heterocycles. The molecule has 0 unspecified atom stereocenters. The molecule has 0 radical (unpaired) electrons. The normalized spacial score (nSPS) is 10.5. The largest absolute Gasteiger partial charge is 0.381 e. The average molecular weight is 279 g/mol. The van der Waals surface area contributed by atoms with Crippen molar-refractivity contribution < 1.29 is 0 Å². The molecule has 2 aromatic carbocycles. The molecule has 3 rings (SSSR count). The molecule has 3 aromatic rings. The summed E-state index contributed by atoms with van der Waals surface area (Å²) in [4.78, 5) is 11.1. The van der Waals surface area contributed by atoms with Crippen molar-refractivity contribution in [1.29, 1.82) is 0 Å². The van der Waals surface area contributed by atoms with E-state index in [0.29, 0.717) is 0 Å². The molecule has 21 heavy (non-hydrogen) atoms. The van der Waals surface area contributed by atoms with Crippen LogP contribution >= 0.6 is 0 Å². The molecule has 106 valence electrons. The SMILES string of the molecule is Cc1ccccc1CNc1ccc(-c2cc(=O)[nH][nH]2)cc1. The van der Waals surface area contributed by atoms with Gasteiger partial charge in [0.2, 0.25) is 0 Å². The fourth-order valence-electron chi connectivity index (χ4n) is 2.26. The lowest BCUT2D eigenvalue weighted by atomic mass is 10.1. The van der Waals surface area contributed by atoms with Crippen LogP contribution in [0.4, 0.5) is 5.69 Å². The van der Waals surface area contributed by atoms with Crippen molar-refractivity contribution in [3.05, 3.63) is 76.1 Å². The molecule has 0 amide bonds. The van der Waals surface area contributed by atoms with Crippen molar-refractivity contribution >= 4 is 5.69 Å². The van der Waals surface area contributed by atoms with Crippen LogP contribution in [0, 0.1) is 6.92 Å². The standard InChI is InChI=1S/C17H17N3O/c1-12-4-2-3-5-14(12)11-18-15-8-6-13(7-9-15)16-10-17(21)20-19-16/h2-10,18H,11H2,1H3,(H2,19,20,21). The van der Waals surface area contributed by atoms with Gasteiger partial charge < -0.3 is 5.32 Å². The number of rotatable bonds is 4. The van der Waals surface area contributed by atoms with Gasteiger partial charge in [-0.25, -0.2) is 0 Å². The maximum atomic E-state index is 11.1. The van der Waals surface area contributed by atoms with E-state index in [1.54, 1.807) is 6.07 Å². The first-order valence-electron chi connectivity index (χ1n) is 6.89. The predicted molar refractivity (Wildman–Crippen MR) is 85.4 cm³/mol. The summed E-state index contributed by atoms with van der Waals surface area (Å²) in [5.41, 5.74) is 5.29. The Labute approximate surface area is 122 Å². The summed E-state index contributed by atoms with van der Waals surface area (Å²) in [5.74, 6) is 0. The van der Waals surface area contributed by atoms with Gasteiger partial charge in [-0.3, -0.25) is 15.0 Å². The first-order chi connectivity index (χ1) is 10.2. The number of aromatic amines is 2. The smallest absolute Gasteiger partial charge is 0.264 e. The van der Waals surface area contributed by atoms with E-state index in [1.807, 2.05) is 30.3 Å². The van der Waals surface area contributed by atoms with Crippen LogP contribution in [0.2, 0.25) is 0 Å². The maximum Gasteiger partial charge on any atom is 0.264 e. The third-order valence-electron chi connectivity index (χ3n) is 3.54. The lowest BCUT2D eigenvalue weighted by molar-refractivity contribution is 1.06.